The van der Waals surface area contributed by atoms with Gasteiger partial charge in [-0.25, -0.2) is 0 Å². The molecule has 3 aliphatic rings. The number of carbonyl (C=O) groups excluding carboxylic acids is 2. The van der Waals surface area contributed by atoms with E-state index in [1.165, 1.54) is 19.3 Å². The van der Waals surface area contributed by atoms with E-state index < -0.39 is 5.41 Å². The van der Waals surface area contributed by atoms with Gasteiger partial charge in [0, 0.05) is 18.0 Å². The van der Waals surface area contributed by atoms with Crippen LogP contribution < -0.4 is 5.32 Å². The molecule has 1 N–H and O–H groups in total. The van der Waals surface area contributed by atoms with Crippen molar-refractivity contribution < 1.29 is 9.59 Å². The molecule has 0 bridgehead atoms. The molecule has 2 heterocycles. The minimum absolute atomic E-state index is 0.0695. The minimum Gasteiger partial charge on any atom is -0.311 e. The third kappa shape index (κ3) is 1.92. The standard InChI is InChI=1S/C16H26N2O2/c1-3-15(4-2)11-13(19)18(14(15)20)12-6-9-17-16(10-12)7-5-8-16/h12,17H,3-11H2,1-2H3. The molecule has 3 fully saturated rings. The van der Waals surface area contributed by atoms with E-state index in [1.54, 1.807) is 4.90 Å². The van der Waals surface area contributed by atoms with Crippen molar-refractivity contribution in [2.45, 2.75) is 76.8 Å². The van der Waals surface area contributed by atoms with Gasteiger partial charge in [-0.05, 0) is 51.5 Å². The number of amides is 2. The Kier molecular flexibility index (Phi) is 3.39. The summed E-state index contributed by atoms with van der Waals surface area (Å²) in [5, 5.41) is 3.61. The van der Waals surface area contributed by atoms with E-state index in [0.29, 0.717) is 6.42 Å². The summed E-state index contributed by atoms with van der Waals surface area (Å²) in [7, 11) is 0. The number of piperidine rings is 1. The number of likely N-dealkylation sites (tertiary alicyclic amines) is 1. The van der Waals surface area contributed by atoms with Gasteiger partial charge in [0.15, 0.2) is 0 Å². The van der Waals surface area contributed by atoms with Crippen LogP contribution in [0.5, 0.6) is 0 Å². The molecular formula is C16H26N2O2. The zero-order chi connectivity index (χ0) is 14.4. The third-order valence-electron chi connectivity index (χ3n) is 6.06. The summed E-state index contributed by atoms with van der Waals surface area (Å²) in [4.78, 5) is 26.9. The Morgan fingerprint density at radius 1 is 1.25 bits per heavy atom. The highest BCUT2D eigenvalue weighted by atomic mass is 16.2. The fourth-order valence-corrected chi connectivity index (χ4v) is 4.33. The van der Waals surface area contributed by atoms with E-state index in [-0.39, 0.29) is 23.4 Å². The van der Waals surface area contributed by atoms with Crippen LogP contribution in [0.25, 0.3) is 0 Å². The first-order chi connectivity index (χ1) is 9.56. The van der Waals surface area contributed by atoms with Gasteiger partial charge in [-0.15, -0.1) is 0 Å². The van der Waals surface area contributed by atoms with E-state index in [4.69, 9.17) is 0 Å². The molecule has 20 heavy (non-hydrogen) atoms. The number of rotatable bonds is 3. The summed E-state index contributed by atoms with van der Waals surface area (Å²) in [6.45, 7) is 5.01. The molecule has 3 rings (SSSR count). The van der Waals surface area contributed by atoms with Gasteiger partial charge in [-0.3, -0.25) is 14.5 Å². The summed E-state index contributed by atoms with van der Waals surface area (Å²) in [5.41, 5.74) is -0.179. The highest BCUT2D eigenvalue weighted by molar-refractivity contribution is 6.06. The Hall–Kier alpha value is -0.900. The average Bonchev–Trinajstić information content (AvgIpc) is 2.68. The first-order valence-corrected chi connectivity index (χ1v) is 8.17. The summed E-state index contributed by atoms with van der Waals surface area (Å²) in [5.74, 6) is 0.175. The van der Waals surface area contributed by atoms with E-state index in [2.05, 4.69) is 5.32 Å². The lowest BCUT2D eigenvalue weighted by molar-refractivity contribution is -0.146. The van der Waals surface area contributed by atoms with Crippen LogP contribution in [0.4, 0.5) is 0 Å². The molecule has 1 unspecified atom stereocenters. The van der Waals surface area contributed by atoms with Crippen molar-refractivity contribution in [3.05, 3.63) is 0 Å². The van der Waals surface area contributed by atoms with Gasteiger partial charge in [0.2, 0.25) is 11.8 Å². The number of imide groups is 1. The molecule has 1 atom stereocenters. The lowest BCUT2D eigenvalue weighted by Gasteiger charge is -2.50. The van der Waals surface area contributed by atoms with Gasteiger partial charge >= 0.3 is 0 Å². The molecular weight excluding hydrogens is 252 g/mol. The quantitative estimate of drug-likeness (QED) is 0.805. The van der Waals surface area contributed by atoms with Gasteiger partial charge < -0.3 is 5.32 Å². The van der Waals surface area contributed by atoms with Crippen molar-refractivity contribution in [2.75, 3.05) is 6.54 Å². The maximum atomic E-state index is 12.8. The van der Waals surface area contributed by atoms with Gasteiger partial charge in [0.1, 0.15) is 0 Å². The molecule has 1 saturated carbocycles. The molecule has 0 aromatic heterocycles. The number of hydrogen-bond acceptors (Lipinski definition) is 3. The molecule has 1 aliphatic carbocycles. The Morgan fingerprint density at radius 2 is 1.95 bits per heavy atom. The number of carbonyl (C=O) groups is 2. The predicted molar refractivity (Wildman–Crippen MR) is 77.1 cm³/mol. The number of nitrogens with zero attached hydrogens (tertiary/aromatic N) is 1. The van der Waals surface area contributed by atoms with E-state index >= 15 is 0 Å². The summed E-state index contributed by atoms with van der Waals surface area (Å²) in [6, 6.07) is 0.136. The van der Waals surface area contributed by atoms with Crippen LogP contribution in [-0.2, 0) is 9.59 Å². The van der Waals surface area contributed by atoms with Crippen molar-refractivity contribution in [1.29, 1.82) is 0 Å². The molecule has 0 aromatic carbocycles. The average molecular weight is 278 g/mol. The lowest BCUT2D eigenvalue weighted by atomic mass is 9.70. The number of hydrogen-bond donors (Lipinski definition) is 1. The van der Waals surface area contributed by atoms with E-state index in [0.717, 1.165) is 32.2 Å². The van der Waals surface area contributed by atoms with Crippen LogP contribution in [0.3, 0.4) is 0 Å². The van der Waals surface area contributed by atoms with Crippen LogP contribution >= 0.6 is 0 Å². The smallest absolute Gasteiger partial charge is 0.236 e. The van der Waals surface area contributed by atoms with Gasteiger partial charge in [0.05, 0.1) is 5.41 Å². The topological polar surface area (TPSA) is 49.4 Å². The second-order valence-electron chi connectivity index (χ2n) is 6.94. The zero-order valence-corrected chi connectivity index (χ0v) is 12.7. The van der Waals surface area contributed by atoms with E-state index in [9.17, 15) is 9.59 Å². The van der Waals surface area contributed by atoms with Crippen molar-refractivity contribution in [1.82, 2.24) is 10.2 Å². The van der Waals surface area contributed by atoms with E-state index in [1.807, 2.05) is 13.8 Å². The summed E-state index contributed by atoms with van der Waals surface area (Å²) in [6.07, 6.45) is 7.54. The zero-order valence-electron chi connectivity index (χ0n) is 12.7. The molecule has 4 nitrogen and oxygen atoms in total. The Morgan fingerprint density at radius 3 is 2.45 bits per heavy atom. The van der Waals surface area contributed by atoms with Crippen LogP contribution in [0, 0.1) is 5.41 Å². The fraction of sp³-hybridized carbons (Fsp3) is 0.875. The highest BCUT2D eigenvalue weighted by Crippen LogP contribution is 2.44. The predicted octanol–water partition coefficient (Wildman–Crippen LogP) is 2.23. The third-order valence-corrected chi connectivity index (χ3v) is 6.06. The van der Waals surface area contributed by atoms with Crippen molar-refractivity contribution in [3.63, 3.8) is 0 Å². The number of nitrogens with one attached hydrogen (secondary N) is 1. The fourth-order valence-electron chi connectivity index (χ4n) is 4.33. The Balaban J connectivity index is 1.79. The van der Waals surface area contributed by atoms with Gasteiger partial charge in [-0.1, -0.05) is 13.8 Å². The van der Waals surface area contributed by atoms with Gasteiger partial charge in [-0.2, -0.15) is 0 Å². The van der Waals surface area contributed by atoms with Crippen LogP contribution in [0.1, 0.15) is 65.2 Å². The lowest BCUT2D eigenvalue weighted by Crippen LogP contribution is -2.60. The monoisotopic (exact) mass is 278 g/mol. The maximum absolute atomic E-state index is 12.8. The molecule has 4 heteroatoms. The Bertz CT molecular complexity index is 424. The van der Waals surface area contributed by atoms with Crippen molar-refractivity contribution in [3.8, 4) is 0 Å². The second kappa shape index (κ2) is 4.83. The molecule has 2 aliphatic heterocycles. The van der Waals surface area contributed by atoms with Crippen molar-refractivity contribution in [2.24, 2.45) is 5.41 Å². The molecule has 112 valence electrons. The second-order valence-corrected chi connectivity index (χ2v) is 6.94. The largest absolute Gasteiger partial charge is 0.311 e. The van der Waals surface area contributed by atoms with Crippen LogP contribution in [0.2, 0.25) is 0 Å². The summed E-state index contributed by atoms with van der Waals surface area (Å²) >= 11 is 0. The molecule has 2 saturated heterocycles. The molecule has 1 spiro atoms. The first-order valence-electron chi connectivity index (χ1n) is 8.17. The SMILES string of the molecule is CCC1(CC)CC(=O)N(C2CCNC3(CCC3)C2)C1=O. The maximum Gasteiger partial charge on any atom is 0.236 e. The van der Waals surface area contributed by atoms with Crippen molar-refractivity contribution >= 4 is 11.8 Å². The molecule has 0 aromatic rings. The first kappa shape index (κ1) is 14.1. The van der Waals surface area contributed by atoms with Gasteiger partial charge in [0.25, 0.3) is 0 Å². The van der Waals surface area contributed by atoms with Crippen LogP contribution in [-0.4, -0.2) is 34.8 Å². The highest BCUT2D eigenvalue weighted by Gasteiger charge is 2.53. The molecule has 2 amide bonds. The normalized spacial score (nSPS) is 31.7. The molecule has 0 radical (unpaired) electrons. The minimum atomic E-state index is -0.408. The summed E-state index contributed by atoms with van der Waals surface area (Å²) < 4.78 is 0. The van der Waals surface area contributed by atoms with Crippen LogP contribution in [0.15, 0.2) is 0 Å². The Labute approximate surface area is 121 Å².